The Hall–Kier alpha value is -1.58. The molecule has 0 heterocycles. The van der Waals surface area contributed by atoms with Crippen molar-refractivity contribution >= 4 is 11.7 Å². The van der Waals surface area contributed by atoms with Crippen LogP contribution in [0.5, 0.6) is 0 Å². The van der Waals surface area contributed by atoms with E-state index in [0.717, 1.165) is 5.56 Å². The molecular formula is C10H12FNO2. The number of hydrogen-bond acceptors (Lipinski definition) is 2. The lowest BCUT2D eigenvalue weighted by Gasteiger charge is -2.11. The van der Waals surface area contributed by atoms with Crippen LogP contribution in [0.2, 0.25) is 0 Å². The maximum absolute atomic E-state index is 12.9. The first-order chi connectivity index (χ1) is 6.49. The fraction of sp³-hybridized carbons (Fsp3) is 0.300. The number of nitrogens with one attached hydrogen (secondary N) is 1. The van der Waals surface area contributed by atoms with Crippen molar-refractivity contribution < 1.29 is 14.3 Å². The molecule has 14 heavy (non-hydrogen) atoms. The minimum atomic E-state index is -0.966. The molecule has 0 saturated heterocycles. The number of anilines is 1. The number of aryl methyl sites for hydroxylation is 1. The minimum Gasteiger partial charge on any atom is -0.480 e. The summed E-state index contributed by atoms with van der Waals surface area (Å²) >= 11 is 0. The van der Waals surface area contributed by atoms with Crippen LogP contribution < -0.4 is 5.32 Å². The highest BCUT2D eigenvalue weighted by Crippen LogP contribution is 2.14. The Kier molecular flexibility index (Phi) is 3.06. The van der Waals surface area contributed by atoms with Gasteiger partial charge in [0.25, 0.3) is 0 Å². The Labute approximate surface area is 81.6 Å². The Morgan fingerprint density at radius 2 is 2.14 bits per heavy atom. The van der Waals surface area contributed by atoms with Crippen LogP contribution in [0.1, 0.15) is 12.5 Å². The van der Waals surface area contributed by atoms with Gasteiger partial charge in [-0.3, -0.25) is 4.79 Å². The number of carbonyl (C=O) groups is 1. The predicted octanol–water partition coefficient (Wildman–Crippen LogP) is 2.02. The monoisotopic (exact) mass is 197 g/mol. The van der Waals surface area contributed by atoms with Crippen LogP contribution in [-0.2, 0) is 4.79 Å². The molecule has 1 atom stereocenters. The third kappa shape index (κ3) is 2.73. The van der Waals surface area contributed by atoms with Gasteiger partial charge in [0.2, 0.25) is 0 Å². The standard InChI is InChI=1S/C10H12FNO2/c1-6-3-8(11)5-9(4-6)12-7(2)10(13)14/h3-5,7,12H,1-2H3,(H,13,14). The normalized spacial score (nSPS) is 12.2. The number of hydrogen-bond donors (Lipinski definition) is 2. The number of benzene rings is 1. The summed E-state index contributed by atoms with van der Waals surface area (Å²) in [5, 5.41) is 11.3. The molecule has 0 aliphatic carbocycles. The average Bonchev–Trinajstić information content (AvgIpc) is 2.01. The molecule has 1 aromatic carbocycles. The van der Waals surface area contributed by atoms with Crippen LogP contribution in [0.3, 0.4) is 0 Å². The maximum Gasteiger partial charge on any atom is 0.325 e. The highest BCUT2D eigenvalue weighted by Gasteiger charge is 2.10. The molecule has 0 saturated carbocycles. The van der Waals surface area contributed by atoms with Crippen LogP contribution in [0.4, 0.5) is 10.1 Å². The zero-order chi connectivity index (χ0) is 10.7. The van der Waals surface area contributed by atoms with Gasteiger partial charge in [-0.05, 0) is 37.6 Å². The summed E-state index contributed by atoms with van der Waals surface area (Å²) in [6.07, 6.45) is 0. The van der Waals surface area contributed by atoms with Gasteiger partial charge in [0, 0.05) is 5.69 Å². The molecule has 0 aliphatic rings. The maximum atomic E-state index is 12.9. The summed E-state index contributed by atoms with van der Waals surface area (Å²) in [6, 6.07) is 3.63. The highest BCUT2D eigenvalue weighted by atomic mass is 19.1. The molecule has 0 amide bonds. The molecule has 0 aromatic heterocycles. The van der Waals surface area contributed by atoms with Crippen LogP contribution >= 0.6 is 0 Å². The van der Waals surface area contributed by atoms with Crippen LogP contribution in [0.25, 0.3) is 0 Å². The molecule has 1 unspecified atom stereocenters. The first-order valence-electron chi connectivity index (χ1n) is 4.25. The molecule has 0 aliphatic heterocycles. The zero-order valence-electron chi connectivity index (χ0n) is 8.04. The van der Waals surface area contributed by atoms with Crippen LogP contribution in [-0.4, -0.2) is 17.1 Å². The molecule has 0 radical (unpaired) electrons. The Balaban J connectivity index is 2.81. The quantitative estimate of drug-likeness (QED) is 0.779. The first-order valence-corrected chi connectivity index (χ1v) is 4.25. The van der Waals surface area contributed by atoms with E-state index < -0.39 is 12.0 Å². The van der Waals surface area contributed by atoms with Gasteiger partial charge >= 0.3 is 5.97 Å². The molecule has 0 fully saturated rings. The molecule has 1 aromatic rings. The summed E-state index contributed by atoms with van der Waals surface area (Å²) in [6.45, 7) is 3.25. The molecule has 4 heteroatoms. The number of carboxylic acids is 1. The van der Waals surface area contributed by atoms with Gasteiger partial charge in [0.15, 0.2) is 0 Å². The van der Waals surface area contributed by atoms with E-state index in [2.05, 4.69) is 5.32 Å². The van der Waals surface area contributed by atoms with Crippen molar-refractivity contribution in [1.82, 2.24) is 0 Å². The van der Waals surface area contributed by atoms with E-state index in [-0.39, 0.29) is 5.82 Å². The second-order valence-corrected chi connectivity index (χ2v) is 3.22. The SMILES string of the molecule is Cc1cc(F)cc(NC(C)C(=O)O)c1. The van der Waals surface area contributed by atoms with E-state index in [1.807, 2.05) is 0 Å². The second kappa shape index (κ2) is 4.09. The summed E-state index contributed by atoms with van der Waals surface area (Å²) < 4.78 is 12.9. The molecule has 0 bridgehead atoms. The summed E-state index contributed by atoms with van der Waals surface area (Å²) in [5.74, 6) is -1.34. The van der Waals surface area contributed by atoms with Gasteiger partial charge in [-0.25, -0.2) is 4.39 Å². The number of aliphatic carboxylic acids is 1. The summed E-state index contributed by atoms with van der Waals surface area (Å²) in [7, 11) is 0. The number of carboxylic acid groups (broad SMARTS) is 1. The van der Waals surface area contributed by atoms with E-state index in [0.29, 0.717) is 5.69 Å². The summed E-state index contributed by atoms with van der Waals surface area (Å²) in [4.78, 5) is 10.5. The van der Waals surface area contributed by atoms with E-state index in [1.165, 1.54) is 19.1 Å². The van der Waals surface area contributed by atoms with Gasteiger partial charge in [0.1, 0.15) is 11.9 Å². The van der Waals surface area contributed by atoms with Crippen LogP contribution in [0.15, 0.2) is 18.2 Å². The van der Waals surface area contributed by atoms with Crippen molar-refractivity contribution in [1.29, 1.82) is 0 Å². The van der Waals surface area contributed by atoms with Gasteiger partial charge < -0.3 is 10.4 Å². The van der Waals surface area contributed by atoms with E-state index >= 15 is 0 Å². The molecule has 0 spiro atoms. The Bertz CT molecular complexity index is 332. The van der Waals surface area contributed by atoms with Crippen molar-refractivity contribution in [2.45, 2.75) is 19.9 Å². The lowest BCUT2D eigenvalue weighted by atomic mass is 10.2. The molecule has 1 rings (SSSR count). The molecule has 2 N–H and O–H groups in total. The molecule has 76 valence electrons. The van der Waals surface area contributed by atoms with E-state index in [9.17, 15) is 9.18 Å². The van der Waals surface area contributed by atoms with E-state index in [1.54, 1.807) is 13.0 Å². The van der Waals surface area contributed by atoms with Crippen molar-refractivity contribution in [3.63, 3.8) is 0 Å². The Morgan fingerprint density at radius 1 is 1.50 bits per heavy atom. The minimum absolute atomic E-state index is 0.370. The number of rotatable bonds is 3. The molecule has 3 nitrogen and oxygen atoms in total. The third-order valence-electron chi connectivity index (χ3n) is 1.80. The lowest BCUT2D eigenvalue weighted by molar-refractivity contribution is -0.137. The van der Waals surface area contributed by atoms with Gasteiger partial charge in [-0.15, -0.1) is 0 Å². The fourth-order valence-electron chi connectivity index (χ4n) is 1.13. The van der Waals surface area contributed by atoms with Gasteiger partial charge in [-0.1, -0.05) is 0 Å². The van der Waals surface area contributed by atoms with Crippen molar-refractivity contribution in [3.8, 4) is 0 Å². The van der Waals surface area contributed by atoms with Gasteiger partial charge in [0.05, 0.1) is 0 Å². The average molecular weight is 197 g/mol. The number of halogens is 1. The topological polar surface area (TPSA) is 49.3 Å². The van der Waals surface area contributed by atoms with Crippen LogP contribution in [0, 0.1) is 12.7 Å². The lowest BCUT2D eigenvalue weighted by Crippen LogP contribution is -2.25. The Morgan fingerprint density at radius 3 is 2.64 bits per heavy atom. The summed E-state index contributed by atoms with van der Waals surface area (Å²) in [5.41, 5.74) is 1.24. The molecular weight excluding hydrogens is 185 g/mol. The smallest absolute Gasteiger partial charge is 0.325 e. The fourth-order valence-corrected chi connectivity index (χ4v) is 1.13. The third-order valence-corrected chi connectivity index (χ3v) is 1.80. The van der Waals surface area contributed by atoms with Gasteiger partial charge in [-0.2, -0.15) is 0 Å². The first kappa shape index (κ1) is 10.5. The largest absolute Gasteiger partial charge is 0.480 e. The van der Waals surface area contributed by atoms with E-state index in [4.69, 9.17) is 5.11 Å². The predicted molar refractivity (Wildman–Crippen MR) is 51.9 cm³/mol. The van der Waals surface area contributed by atoms with Crippen molar-refractivity contribution in [2.24, 2.45) is 0 Å². The van der Waals surface area contributed by atoms with Crippen molar-refractivity contribution in [2.75, 3.05) is 5.32 Å². The van der Waals surface area contributed by atoms with Crippen molar-refractivity contribution in [3.05, 3.63) is 29.6 Å². The highest BCUT2D eigenvalue weighted by molar-refractivity contribution is 5.76. The zero-order valence-corrected chi connectivity index (χ0v) is 8.04. The second-order valence-electron chi connectivity index (χ2n) is 3.22.